The van der Waals surface area contributed by atoms with E-state index in [1.54, 1.807) is 0 Å². The Balaban J connectivity index is 2.18. The first kappa shape index (κ1) is 13.7. The predicted octanol–water partition coefficient (Wildman–Crippen LogP) is 1.16. The molecule has 1 aromatic carbocycles. The van der Waals surface area contributed by atoms with E-state index >= 15 is 0 Å². The number of anilines is 1. The van der Waals surface area contributed by atoms with E-state index in [1.807, 2.05) is 30.3 Å². The number of carbonyl (C=O) groups is 1. The van der Waals surface area contributed by atoms with Crippen LogP contribution in [0.4, 0.5) is 5.13 Å². The van der Waals surface area contributed by atoms with E-state index < -0.39 is 12.5 Å². The first-order valence-corrected chi connectivity index (χ1v) is 6.58. The zero-order valence-corrected chi connectivity index (χ0v) is 11.0. The molecule has 0 atom stereocenters. The summed E-state index contributed by atoms with van der Waals surface area (Å²) in [5, 5.41) is 20.8. The fourth-order valence-electron chi connectivity index (χ4n) is 1.64. The Kier molecular flexibility index (Phi) is 4.62. The smallest absolute Gasteiger partial charge is 0.251 e. The quantitative estimate of drug-likeness (QED) is 0.766. The highest BCUT2D eigenvalue weighted by molar-refractivity contribution is 7.15. The third kappa shape index (κ3) is 3.60. The highest BCUT2D eigenvalue weighted by Crippen LogP contribution is 2.25. The molecule has 0 aliphatic heterocycles. The number of hydrogen-bond acceptors (Lipinski definition) is 5. The van der Waals surface area contributed by atoms with E-state index in [-0.39, 0.29) is 6.61 Å². The zero-order chi connectivity index (χ0) is 13.7. The molecule has 2 rings (SSSR count). The predicted molar refractivity (Wildman–Crippen MR) is 73.0 cm³/mol. The normalized spacial score (nSPS) is 10.4. The fourth-order valence-corrected chi connectivity index (χ4v) is 2.66. The van der Waals surface area contributed by atoms with Crippen LogP contribution in [0, 0.1) is 0 Å². The van der Waals surface area contributed by atoms with Crippen LogP contribution in [-0.2, 0) is 17.8 Å². The zero-order valence-electron chi connectivity index (χ0n) is 10.2. The van der Waals surface area contributed by atoms with Gasteiger partial charge in [-0.1, -0.05) is 30.3 Å². The summed E-state index contributed by atoms with van der Waals surface area (Å²) in [6, 6.07) is 9.82. The lowest BCUT2D eigenvalue weighted by atomic mass is 10.1. The van der Waals surface area contributed by atoms with E-state index in [9.17, 15) is 9.90 Å². The number of carbonyl (C=O) groups excluding carboxylic acids is 1. The Hall–Kier alpha value is -1.76. The van der Waals surface area contributed by atoms with Gasteiger partial charge in [-0.05, 0) is 5.56 Å². The van der Waals surface area contributed by atoms with Gasteiger partial charge in [0.05, 0.1) is 12.3 Å². The minimum Gasteiger partial charge on any atom is -0.390 e. The maximum Gasteiger partial charge on any atom is 0.251 e. The van der Waals surface area contributed by atoms with Gasteiger partial charge in [-0.25, -0.2) is 4.98 Å². The third-order valence-corrected chi connectivity index (χ3v) is 3.54. The minimum atomic E-state index is -0.581. The van der Waals surface area contributed by atoms with Gasteiger partial charge in [-0.2, -0.15) is 0 Å². The first-order valence-electron chi connectivity index (χ1n) is 5.77. The van der Waals surface area contributed by atoms with Gasteiger partial charge in [0, 0.05) is 11.3 Å². The molecule has 100 valence electrons. The number of rotatable bonds is 5. The van der Waals surface area contributed by atoms with Crippen molar-refractivity contribution in [2.75, 3.05) is 11.9 Å². The van der Waals surface area contributed by atoms with Gasteiger partial charge >= 0.3 is 0 Å². The first-order chi connectivity index (χ1) is 9.22. The Bertz CT molecular complexity index is 554. The molecule has 0 aliphatic carbocycles. The molecule has 0 radical (unpaired) electrons. The molecule has 1 amide bonds. The van der Waals surface area contributed by atoms with Crippen LogP contribution in [0.3, 0.4) is 0 Å². The molecular formula is C13H14N2O3S. The number of aromatic nitrogens is 1. The van der Waals surface area contributed by atoms with Gasteiger partial charge in [0.2, 0.25) is 0 Å². The molecule has 6 heteroatoms. The number of hydrogen-bond donors (Lipinski definition) is 3. The largest absolute Gasteiger partial charge is 0.390 e. The van der Waals surface area contributed by atoms with Gasteiger partial charge in [0.25, 0.3) is 5.91 Å². The van der Waals surface area contributed by atoms with Crippen LogP contribution in [0.15, 0.2) is 30.3 Å². The second-order valence-electron chi connectivity index (χ2n) is 3.92. The lowest BCUT2D eigenvalue weighted by molar-refractivity contribution is -0.118. The molecule has 1 heterocycles. The molecule has 2 aromatic rings. The molecule has 0 saturated carbocycles. The van der Waals surface area contributed by atoms with Crippen LogP contribution in [0.2, 0.25) is 0 Å². The van der Waals surface area contributed by atoms with E-state index in [2.05, 4.69) is 10.3 Å². The van der Waals surface area contributed by atoms with Crippen LogP contribution in [0.1, 0.15) is 16.1 Å². The average molecular weight is 278 g/mol. The summed E-state index contributed by atoms with van der Waals surface area (Å²) in [6.07, 6.45) is 0.656. The van der Waals surface area contributed by atoms with Crippen LogP contribution in [0.25, 0.3) is 0 Å². The van der Waals surface area contributed by atoms with E-state index in [4.69, 9.17) is 5.11 Å². The lowest BCUT2D eigenvalue weighted by Crippen LogP contribution is -2.15. The van der Waals surface area contributed by atoms with E-state index in [0.717, 1.165) is 10.4 Å². The van der Waals surface area contributed by atoms with Crippen molar-refractivity contribution in [1.29, 1.82) is 0 Å². The Morgan fingerprint density at radius 1 is 1.26 bits per heavy atom. The van der Waals surface area contributed by atoms with Gasteiger partial charge in [0.1, 0.15) is 6.61 Å². The maximum atomic E-state index is 11.1. The van der Waals surface area contributed by atoms with Crippen molar-refractivity contribution in [3.8, 4) is 0 Å². The molecule has 0 fully saturated rings. The molecule has 0 unspecified atom stereocenters. The molecule has 3 N–H and O–H groups in total. The number of benzene rings is 1. The van der Waals surface area contributed by atoms with Crippen molar-refractivity contribution in [3.63, 3.8) is 0 Å². The van der Waals surface area contributed by atoms with Crippen molar-refractivity contribution < 1.29 is 15.0 Å². The minimum absolute atomic E-state index is 0.173. The van der Waals surface area contributed by atoms with Crippen LogP contribution < -0.4 is 5.32 Å². The summed E-state index contributed by atoms with van der Waals surface area (Å²) >= 11 is 1.31. The molecule has 1 aromatic heterocycles. The molecule has 0 saturated heterocycles. The van der Waals surface area contributed by atoms with Gasteiger partial charge in [-0.15, -0.1) is 11.3 Å². The SMILES string of the molecule is O=C(CO)Nc1nc(CO)c(Cc2ccccc2)s1. The van der Waals surface area contributed by atoms with Crippen LogP contribution >= 0.6 is 11.3 Å². The van der Waals surface area contributed by atoms with Crippen LogP contribution in [-0.4, -0.2) is 27.7 Å². The second kappa shape index (κ2) is 6.42. The number of aliphatic hydroxyl groups excluding tert-OH is 2. The second-order valence-corrected chi connectivity index (χ2v) is 5.00. The number of nitrogens with zero attached hydrogens (tertiary/aromatic N) is 1. The number of thiazole rings is 1. The highest BCUT2D eigenvalue weighted by Gasteiger charge is 2.12. The monoisotopic (exact) mass is 278 g/mol. The molecule has 5 nitrogen and oxygen atoms in total. The molecular weight excluding hydrogens is 264 g/mol. The summed E-state index contributed by atoms with van der Waals surface area (Å²) < 4.78 is 0. The molecule has 0 aliphatic rings. The number of aliphatic hydroxyl groups is 2. The molecule has 0 bridgehead atoms. The van der Waals surface area contributed by atoms with Crippen LogP contribution in [0.5, 0.6) is 0 Å². The standard InChI is InChI=1S/C13H14N2O3S/c16-7-10-11(6-9-4-2-1-3-5-9)19-13(14-10)15-12(18)8-17/h1-5,16-17H,6-8H2,(H,14,15,18). The number of nitrogens with one attached hydrogen (secondary N) is 1. The van der Waals surface area contributed by atoms with Gasteiger partial charge in [0.15, 0.2) is 5.13 Å². The summed E-state index contributed by atoms with van der Waals surface area (Å²) in [7, 11) is 0. The van der Waals surface area contributed by atoms with E-state index in [1.165, 1.54) is 11.3 Å². The van der Waals surface area contributed by atoms with Crippen molar-refractivity contribution in [2.24, 2.45) is 0 Å². The Morgan fingerprint density at radius 2 is 2.00 bits per heavy atom. The Labute approximate surface area is 114 Å². The summed E-state index contributed by atoms with van der Waals surface area (Å²) in [6.45, 7) is -0.754. The summed E-state index contributed by atoms with van der Waals surface area (Å²) in [5.74, 6) is -0.510. The van der Waals surface area contributed by atoms with Crippen molar-refractivity contribution in [3.05, 3.63) is 46.5 Å². The molecule has 19 heavy (non-hydrogen) atoms. The average Bonchev–Trinajstić information content (AvgIpc) is 2.81. The highest BCUT2D eigenvalue weighted by atomic mass is 32.1. The lowest BCUT2D eigenvalue weighted by Gasteiger charge is -1.99. The third-order valence-electron chi connectivity index (χ3n) is 2.53. The Morgan fingerprint density at radius 3 is 2.63 bits per heavy atom. The van der Waals surface area contributed by atoms with Crippen molar-refractivity contribution in [2.45, 2.75) is 13.0 Å². The van der Waals surface area contributed by atoms with Gasteiger partial charge in [-0.3, -0.25) is 10.1 Å². The maximum absolute atomic E-state index is 11.1. The summed E-state index contributed by atoms with van der Waals surface area (Å²) in [5.41, 5.74) is 1.67. The van der Waals surface area contributed by atoms with Crippen molar-refractivity contribution >= 4 is 22.4 Å². The van der Waals surface area contributed by atoms with Gasteiger partial charge < -0.3 is 10.2 Å². The molecule has 0 spiro atoms. The summed E-state index contributed by atoms with van der Waals surface area (Å²) in [4.78, 5) is 16.1. The fraction of sp³-hybridized carbons (Fsp3) is 0.231. The van der Waals surface area contributed by atoms with Crippen molar-refractivity contribution in [1.82, 2.24) is 4.98 Å². The number of amides is 1. The topological polar surface area (TPSA) is 82.5 Å². The van der Waals surface area contributed by atoms with E-state index in [0.29, 0.717) is 17.2 Å².